The molecule has 0 N–H and O–H groups in total. The molecule has 0 bridgehead atoms. The Kier molecular flexibility index (Phi) is 5.12. The molecule has 8 heteroatoms. The molecule has 0 unspecified atom stereocenters. The molecular weight excluding hydrogens is 405 g/mol. The zero-order valence-corrected chi connectivity index (χ0v) is 16.7. The van der Waals surface area contributed by atoms with E-state index in [0.29, 0.717) is 34.1 Å². The highest BCUT2D eigenvalue weighted by Crippen LogP contribution is 2.34. The highest BCUT2D eigenvalue weighted by Gasteiger charge is 2.30. The van der Waals surface area contributed by atoms with Gasteiger partial charge in [-0.2, -0.15) is 0 Å². The highest BCUT2D eigenvalue weighted by molar-refractivity contribution is 8.00. The summed E-state index contributed by atoms with van der Waals surface area (Å²) < 4.78 is 6.98. The normalized spacial score (nSPS) is 16.6. The third-order valence-corrected chi connectivity index (χ3v) is 6.13. The molecule has 1 atom stereocenters. The van der Waals surface area contributed by atoms with Crippen molar-refractivity contribution in [3.8, 4) is 17.1 Å². The van der Waals surface area contributed by atoms with Crippen LogP contribution in [0.2, 0.25) is 10.0 Å². The number of nitrogens with zero attached hydrogens (tertiary/aromatic N) is 3. The number of carbonyl (C=O) groups is 1. The number of aromatic nitrogens is 3. The van der Waals surface area contributed by atoms with Crippen molar-refractivity contribution in [2.45, 2.75) is 23.8 Å². The van der Waals surface area contributed by atoms with Crippen LogP contribution >= 0.6 is 35.0 Å². The van der Waals surface area contributed by atoms with Crippen molar-refractivity contribution in [1.82, 2.24) is 14.8 Å². The van der Waals surface area contributed by atoms with Crippen molar-refractivity contribution in [1.29, 1.82) is 0 Å². The number of ether oxygens (including phenoxy) is 1. The smallest absolute Gasteiger partial charge is 0.319 e. The van der Waals surface area contributed by atoms with E-state index in [1.54, 1.807) is 12.1 Å². The van der Waals surface area contributed by atoms with Crippen molar-refractivity contribution < 1.29 is 9.53 Å². The second-order valence-electron chi connectivity index (χ2n) is 6.14. The molecule has 4 rings (SSSR count). The van der Waals surface area contributed by atoms with Crippen LogP contribution in [0.4, 0.5) is 0 Å². The molecule has 0 spiro atoms. The first-order chi connectivity index (χ1) is 13.0. The fraction of sp³-hybridized carbons (Fsp3) is 0.211. The minimum absolute atomic E-state index is 0.218. The molecule has 1 aromatic heterocycles. The van der Waals surface area contributed by atoms with Gasteiger partial charge in [0.25, 0.3) is 0 Å². The molecule has 5 nitrogen and oxygen atoms in total. The summed E-state index contributed by atoms with van der Waals surface area (Å²) in [6.45, 7) is 2.38. The molecule has 0 amide bonds. The number of halogens is 2. The van der Waals surface area contributed by atoms with Gasteiger partial charge in [-0.05, 0) is 48.9 Å². The molecule has 1 aliphatic rings. The number of esters is 1. The van der Waals surface area contributed by atoms with Crippen molar-refractivity contribution >= 4 is 40.9 Å². The number of thioether (sulfide) groups is 1. The van der Waals surface area contributed by atoms with E-state index in [1.165, 1.54) is 11.8 Å². The molecule has 0 aliphatic carbocycles. The molecule has 2 heterocycles. The third-order valence-electron chi connectivity index (χ3n) is 4.28. The van der Waals surface area contributed by atoms with Crippen molar-refractivity contribution in [2.75, 3.05) is 6.61 Å². The van der Waals surface area contributed by atoms with Gasteiger partial charge in [0.15, 0.2) is 11.0 Å². The fourth-order valence-electron chi connectivity index (χ4n) is 2.80. The lowest BCUT2D eigenvalue weighted by Gasteiger charge is -2.12. The molecule has 0 saturated carbocycles. The van der Waals surface area contributed by atoms with Crippen molar-refractivity contribution in [3.05, 3.63) is 58.1 Å². The molecule has 138 valence electrons. The summed E-state index contributed by atoms with van der Waals surface area (Å²) in [5, 5.41) is 10.3. The molecule has 3 aromatic rings. The van der Waals surface area contributed by atoms with E-state index >= 15 is 0 Å². The van der Waals surface area contributed by atoms with E-state index in [4.69, 9.17) is 27.9 Å². The van der Waals surface area contributed by atoms with Gasteiger partial charge in [0.2, 0.25) is 0 Å². The maximum absolute atomic E-state index is 11.9. The summed E-state index contributed by atoms with van der Waals surface area (Å²) in [6, 6.07) is 13.2. The van der Waals surface area contributed by atoms with E-state index in [2.05, 4.69) is 10.2 Å². The zero-order chi connectivity index (χ0) is 19.0. The monoisotopic (exact) mass is 419 g/mol. The van der Waals surface area contributed by atoms with Gasteiger partial charge >= 0.3 is 5.97 Å². The first-order valence-electron chi connectivity index (χ1n) is 8.34. The Balaban J connectivity index is 1.82. The molecule has 1 fully saturated rings. The lowest BCUT2D eigenvalue weighted by molar-refractivity contribution is -0.137. The molecule has 0 radical (unpaired) electrons. The van der Waals surface area contributed by atoms with E-state index in [1.807, 2.05) is 41.8 Å². The van der Waals surface area contributed by atoms with Crippen LogP contribution in [0.3, 0.4) is 0 Å². The number of hydrogen-bond acceptors (Lipinski definition) is 5. The zero-order valence-electron chi connectivity index (χ0n) is 14.4. The van der Waals surface area contributed by atoms with E-state index in [9.17, 15) is 4.79 Å². The molecular formula is C19H15Cl2N3O2S. The lowest BCUT2D eigenvalue weighted by atomic mass is 10.2. The average molecular weight is 420 g/mol. The predicted molar refractivity (Wildman–Crippen MR) is 107 cm³/mol. The second kappa shape index (κ2) is 7.54. The van der Waals surface area contributed by atoms with Crippen molar-refractivity contribution in [2.24, 2.45) is 0 Å². The minimum Gasteiger partial charge on any atom is -0.465 e. The summed E-state index contributed by atoms with van der Waals surface area (Å²) in [7, 11) is 0. The first-order valence-corrected chi connectivity index (χ1v) is 9.97. The summed E-state index contributed by atoms with van der Waals surface area (Å²) >= 11 is 13.7. The molecule has 1 saturated heterocycles. The van der Waals surface area contributed by atoms with Crippen LogP contribution in [0.1, 0.15) is 12.0 Å². The van der Waals surface area contributed by atoms with E-state index in [0.717, 1.165) is 16.8 Å². The number of rotatable bonds is 4. The van der Waals surface area contributed by atoms with Gasteiger partial charge in [-0.15, -0.1) is 10.2 Å². The van der Waals surface area contributed by atoms with Crippen LogP contribution in [0.15, 0.2) is 47.6 Å². The van der Waals surface area contributed by atoms with Crippen molar-refractivity contribution in [3.63, 3.8) is 0 Å². The largest absolute Gasteiger partial charge is 0.465 e. The Morgan fingerprint density at radius 3 is 2.59 bits per heavy atom. The first kappa shape index (κ1) is 18.3. The molecule has 1 aliphatic heterocycles. The Morgan fingerprint density at radius 2 is 1.93 bits per heavy atom. The van der Waals surface area contributed by atoms with Crippen LogP contribution in [0, 0.1) is 6.92 Å². The molecule has 27 heavy (non-hydrogen) atoms. The average Bonchev–Trinajstić information content (AvgIpc) is 3.25. The summed E-state index contributed by atoms with van der Waals surface area (Å²) in [6.07, 6.45) is 0.654. The quantitative estimate of drug-likeness (QED) is 0.559. The van der Waals surface area contributed by atoms with Crippen LogP contribution in [0.25, 0.3) is 17.1 Å². The van der Waals surface area contributed by atoms with Crippen LogP contribution in [0.5, 0.6) is 0 Å². The van der Waals surface area contributed by atoms with Gasteiger partial charge < -0.3 is 4.74 Å². The van der Waals surface area contributed by atoms with Gasteiger partial charge in [0.1, 0.15) is 5.25 Å². The Hall–Kier alpha value is -2.02. The number of benzene rings is 2. The van der Waals surface area contributed by atoms with Crippen LogP contribution < -0.4 is 0 Å². The number of cyclic esters (lactones) is 1. The number of aryl methyl sites for hydroxylation is 1. The number of hydrogen-bond donors (Lipinski definition) is 0. The van der Waals surface area contributed by atoms with Crippen LogP contribution in [-0.2, 0) is 9.53 Å². The fourth-order valence-corrected chi connectivity index (χ4v) is 4.12. The Morgan fingerprint density at radius 1 is 1.15 bits per heavy atom. The maximum Gasteiger partial charge on any atom is 0.319 e. The number of carbonyl (C=O) groups excluding carboxylic acids is 1. The highest BCUT2D eigenvalue weighted by atomic mass is 35.5. The Labute approximate surface area is 170 Å². The predicted octanol–water partition coefficient (Wildman–Crippen LogP) is 4.96. The molecule has 2 aromatic carbocycles. The topological polar surface area (TPSA) is 57.0 Å². The van der Waals surface area contributed by atoms with Gasteiger partial charge in [-0.25, -0.2) is 0 Å². The Bertz CT molecular complexity index is 1000. The lowest BCUT2D eigenvalue weighted by Crippen LogP contribution is -2.11. The van der Waals surface area contributed by atoms with E-state index in [-0.39, 0.29) is 11.2 Å². The SMILES string of the molecule is Cc1ccc(-n2c(S[C@H]3CCOC3=O)nnc2-c2ccc(Cl)cc2)cc1Cl. The van der Waals surface area contributed by atoms with Gasteiger partial charge in [0.05, 0.1) is 12.3 Å². The summed E-state index contributed by atoms with van der Waals surface area (Å²) in [5.41, 5.74) is 2.67. The van der Waals surface area contributed by atoms with Gasteiger partial charge in [-0.3, -0.25) is 9.36 Å². The second-order valence-corrected chi connectivity index (χ2v) is 8.16. The summed E-state index contributed by atoms with van der Waals surface area (Å²) in [5.74, 6) is 0.435. The maximum atomic E-state index is 11.9. The third kappa shape index (κ3) is 3.70. The van der Waals surface area contributed by atoms with Crippen LogP contribution in [-0.4, -0.2) is 32.6 Å². The summed E-state index contributed by atoms with van der Waals surface area (Å²) in [4.78, 5) is 11.9. The standard InChI is InChI=1S/C19H15Cl2N3O2S/c1-11-2-7-14(10-15(11)21)24-17(12-3-5-13(20)6-4-12)22-23-19(24)27-16-8-9-26-18(16)25/h2-7,10,16H,8-9H2,1H3/t16-/m0/s1. The minimum atomic E-state index is -0.285. The van der Waals surface area contributed by atoms with Gasteiger partial charge in [-0.1, -0.05) is 41.0 Å². The van der Waals surface area contributed by atoms with Gasteiger partial charge in [0, 0.05) is 22.0 Å². The van der Waals surface area contributed by atoms with E-state index < -0.39 is 0 Å².